The number of nitrogens with zero attached hydrogens (tertiary/aromatic N) is 1. The van der Waals surface area contributed by atoms with Crippen LogP contribution in [0.4, 0.5) is 0 Å². The van der Waals surface area contributed by atoms with Gasteiger partial charge < -0.3 is 10.1 Å². The number of aromatic carboxylic acids is 1. The maximum atomic E-state index is 11.1. The molecule has 0 spiro atoms. The summed E-state index contributed by atoms with van der Waals surface area (Å²) >= 11 is 0. The van der Waals surface area contributed by atoms with E-state index in [0.29, 0.717) is 11.4 Å². The Hall–Kier alpha value is -1.84. The number of aromatic amines is 1. The van der Waals surface area contributed by atoms with Crippen LogP contribution in [0.15, 0.2) is 18.3 Å². The molecule has 0 unspecified atom stereocenters. The summed E-state index contributed by atoms with van der Waals surface area (Å²) in [6, 6.07) is 3.97. The molecule has 0 saturated heterocycles. The largest absolute Gasteiger partial charge is 0.478 e. The van der Waals surface area contributed by atoms with Gasteiger partial charge in [0, 0.05) is 17.8 Å². The Morgan fingerprint density at radius 2 is 2.06 bits per heavy atom. The van der Waals surface area contributed by atoms with Crippen molar-refractivity contribution in [2.45, 2.75) is 38.0 Å². The SMILES string of the molecule is O=C(O)c1c[nH]c2ccc(C3CCCCC3)nc12. The summed E-state index contributed by atoms with van der Waals surface area (Å²) in [6.07, 6.45) is 7.68. The van der Waals surface area contributed by atoms with Crippen LogP contribution in [-0.2, 0) is 0 Å². The zero-order chi connectivity index (χ0) is 12.5. The summed E-state index contributed by atoms with van der Waals surface area (Å²) in [5.74, 6) is -0.422. The molecular formula is C14H16N2O2. The molecule has 0 bridgehead atoms. The number of hydrogen-bond acceptors (Lipinski definition) is 2. The minimum Gasteiger partial charge on any atom is -0.478 e. The van der Waals surface area contributed by atoms with Crippen LogP contribution in [-0.4, -0.2) is 21.0 Å². The first-order valence-electron chi connectivity index (χ1n) is 6.47. The van der Waals surface area contributed by atoms with Gasteiger partial charge in [-0.25, -0.2) is 4.79 Å². The molecule has 2 heterocycles. The average molecular weight is 244 g/mol. The molecule has 0 aromatic carbocycles. The van der Waals surface area contributed by atoms with Crippen LogP contribution in [0.5, 0.6) is 0 Å². The van der Waals surface area contributed by atoms with Gasteiger partial charge in [-0.3, -0.25) is 4.98 Å². The Bertz CT molecular complexity index is 582. The van der Waals surface area contributed by atoms with Crippen molar-refractivity contribution in [2.75, 3.05) is 0 Å². The highest BCUT2D eigenvalue weighted by Gasteiger charge is 2.19. The smallest absolute Gasteiger partial charge is 0.339 e. The molecule has 2 aromatic heterocycles. The number of aromatic nitrogens is 2. The van der Waals surface area contributed by atoms with Crippen molar-refractivity contribution < 1.29 is 9.90 Å². The molecule has 94 valence electrons. The van der Waals surface area contributed by atoms with Gasteiger partial charge in [-0.1, -0.05) is 19.3 Å². The Morgan fingerprint density at radius 1 is 1.28 bits per heavy atom. The monoisotopic (exact) mass is 244 g/mol. The number of carboxylic acids is 1. The first kappa shape index (κ1) is 11.3. The van der Waals surface area contributed by atoms with Gasteiger partial charge in [-0.05, 0) is 25.0 Å². The second kappa shape index (κ2) is 4.44. The van der Waals surface area contributed by atoms with Crippen LogP contribution in [0.2, 0.25) is 0 Å². The van der Waals surface area contributed by atoms with Crippen LogP contribution < -0.4 is 0 Å². The lowest BCUT2D eigenvalue weighted by molar-refractivity contribution is 0.0699. The van der Waals surface area contributed by atoms with Gasteiger partial charge in [0.2, 0.25) is 0 Å². The maximum Gasteiger partial charge on any atom is 0.339 e. The normalized spacial score (nSPS) is 17.1. The van der Waals surface area contributed by atoms with Gasteiger partial charge in [0.15, 0.2) is 0 Å². The Labute approximate surface area is 105 Å². The Kier molecular flexibility index (Phi) is 2.78. The summed E-state index contributed by atoms with van der Waals surface area (Å²) in [7, 11) is 0. The van der Waals surface area contributed by atoms with Crippen LogP contribution in [0.1, 0.15) is 54.1 Å². The van der Waals surface area contributed by atoms with E-state index in [0.717, 1.165) is 11.2 Å². The molecule has 0 amide bonds. The van der Waals surface area contributed by atoms with Crippen LogP contribution in [0.25, 0.3) is 11.0 Å². The van der Waals surface area contributed by atoms with E-state index in [-0.39, 0.29) is 5.56 Å². The molecule has 4 nitrogen and oxygen atoms in total. The molecule has 4 heteroatoms. The number of hydrogen-bond donors (Lipinski definition) is 2. The van der Waals surface area contributed by atoms with E-state index >= 15 is 0 Å². The predicted octanol–water partition coefficient (Wildman–Crippen LogP) is 3.31. The lowest BCUT2D eigenvalue weighted by Gasteiger charge is -2.20. The fourth-order valence-electron chi connectivity index (χ4n) is 2.80. The van der Waals surface area contributed by atoms with Gasteiger partial charge in [-0.15, -0.1) is 0 Å². The van der Waals surface area contributed by atoms with Gasteiger partial charge in [0.25, 0.3) is 0 Å². The van der Waals surface area contributed by atoms with Crippen molar-refractivity contribution in [3.8, 4) is 0 Å². The fourth-order valence-corrected chi connectivity index (χ4v) is 2.80. The fraction of sp³-hybridized carbons (Fsp3) is 0.429. The van der Waals surface area contributed by atoms with E-state index in [1.165, 1.54) is 38.3 Å². The lowest BCUT2D eigenvalue weighted by atomic mass is 9.86. The molecule has 1 aliphatic carbocycles. The Balaban J connectivity index is 2.03. The summed E-state index contributed by atoms with van der Waals surface area (Å²) < 4.78 is 0. The number of rotatable bonds is 2. The molecule has 0 aliphatic heterocycles. The second-order valence-electron chi connectivity index (χ2n) is 4.97. The second-order valence-corrected chi connectivity index (χ2v) is 4.97. The van der Waals surface area contributed by atoms with E-state index in [1.54, 1.807) is 0 Å². The number of carbonyl (C=O) groups is 1. The first-order valence-corrected chi connectivity index (χ1v) is 6.47. The summed E-state index contributed by atoms with van der Waals surface area (Å²) in [5, 5.41) is 9.11. The molecule has 2 aromatic rings. The van der Waals surface area contributed by atoms with Crippen molar-refractivity contribution in [3.63, 3.8) is 0 Å². The first-order chi connectivity index (χ1) is 8.75. The van der Waals surface area contributed by atoms with E-state index in [2.05, 4.69) is 9.97 Å². The van der Waals surface area contributed by atoms with Crippen LogP contribution in [0.3, 0.4) is 0 Å². The average Bonchev–Trinajstić information content (AvgIpc) is 2.82. The van der Waals surface area contributed by atoms with Gasteiger partial charge in [-0.2, -0.15) is 0 Å². The third-order valence-corrected chi connectivity index (χ3v) is 3.80. The van der Waals surface area contributed by atoms with Gasteiger partial charge >= 0.3 is 5.97 Å². The number of fused-ring (bicyclic) bond motifs is 1. The standard InChI is InChI=1S/C14H16N2O2/c17-14(18)10-8-15-12-7-6-11(16-13(10)12)9-4-2-1-3-5-9/h6-9,15H,1-5H2,(H,17,18). The molecule has 2 N–H and O–H groups in total. The highest BCUT2D eigenvalue weighted by molar-refractivity contribution is 6.01. The molecule has 1 saturated carbocycles. The molecule has 0 radical (unpaired) electrons. The number of nitrogens with one attached hydrogen (secondary N) is 1. The molecule has 1 aliphatic rings. The van der Waals surface area contributed by atoms with Crippen molar-refractivity contribution in [1.29, 1.82) is 0 Å². The van der Waals surface area contributed by atoms with Crippen molar-refractivity contribution in [3.05, 3.63) is 29.6 Å². The van der Waals surface area contributed by atoms with Crippen molar-refractivity contribution in [1.82, 2.24) is 9.97 Å². The predicted molar refractivity (Wildman–Crippen MR) is 68.9 cm³/mol. The number of carboxylic acid groups (broad SMARTS) is 1. The van der Waals surface area contributed by atoms with E-state index in [1.807, 2.05) is 12.1 Å². The summed E-state index contributed by atoms with van der Waals surface area (Å²) in [5.41, 5.74) is 2.70. The van der Waals surface area contributed by atoms with Crippen LogP contribution >= 0.6 is 0 Å². The topological polar surface area (TPSA) is 66.0 Å². The number of pyridine rings is 1. The molecule has 1 fully saturated rings. The molecule has 3 rings (SSSR count). The summed E-state index contributed by atoms with van der Waals surface area (Å²) in [4.78, 5) is 18.6. The maximum absolute atomic E-state index is 11.1. The highest BCUT2D eigenvalue weighted by Crippen LogP contribution is 2.32. The van der Waals surface area contributed by atoms with Crippen molar-refractivity contribution >= 4 is 17.0 Å². The minimum atomic E-state index is -0.922. The molecular weight excluding hydrogens is 228 g/mol. The van der Waals surface area contributed by atoms with E-state index < -0.39 is 5.97 Å². The third kappa shape index (κ3) is 1.88. The van der Waals surface area contributed by atoms with Gasteiger partial charge in [0.05, 0.1) is 5.52 Å². The highest BCUT2D eigenvalue weighted by atomic mass is 16.4. The minimum absolute atomic E-state index is 0.266. The van der Waals surface area contributed by atoms with Crippen LogP contribution in [0, 0.1) is 0 Å². The van der Waals surface area contributed by atoms with Gasteiger partial charge in [0.1, 0.15) is 11.1 Å². The Morgan fingerprint density at radius 3 is 2.78 bits per heavy atom. The number of H-pyrrole nitrogens is 1. The lowest BCUT2D eigenvalue weighted by Crippen LogP contribution is -2.06. The molecule has 0 atom stereocenters. The zero-order valence-electron chi connectivity index (χ0n) is 10.1. The summed E-state index contributed by atoms with van der Waals surface area (Å²) in [6.45, 7) is 0. The van der Waals surface area contributed by atoms with E-state index in [4.69, 9.17) is 5.11 Å². The molecule has 18 heavy (non-hydrogen) atoms. The third-order valence-electron chi connectivity index (χ3n) is 3.80. The zero-order valence-corrected chi connectivity index (χ0v) is 10.1. The van der Waals surface area contributed by atoms with E-state index in [9.17, 15) is 4.79 Å². The quantitative estimate of drug-likeness (QED) is 0.851. The van der Waals surface area contributed by atoms with Crippen molar-refractivity contribution in [2.24, 2.45) is 0 Å².